The molecule has 112 valence electrons. The van der Waals surface area contributed by atoms with Crippen molar-refractivity contribution in [1.29, 1.82) is 0 Å². The number of aromatic nitrogens is 3. The number of nitrogen functional groups attached to an aromatic ring is 2. The number of aryl methyl sites for hydroxylation is 1. The quantitative estimate of drug-likeness (QED) is 0.845. The first-order valence-electron chi connectivity index (χ1n) is 6.56. The van der Waals surface area contributed by atoms with Gasteiger partial charge in [-0.1, -0.05) is 17.7 Å². The first-order valence-corrected chi connectivity index (χ1v) is 6.56. The fourth-order valence-corrected chi connectivity index (χ4v) is 2.15. The van der Waals surface area contributed by atoms with Crippen LogP contribution in [0.25, 0.3) is 0 Å². The van der Waals surface area contributed by atoms with Gasteiger partial charge in [-0.25, -0.2) is 0 Å². The normalized spacial score (nSPS) is 10.9. The number of nitrogens with zero attached hydrogens (tertiary/aromatic N) is 4. The first kappa shape index (κ1) is 15.0. The number of anilines is 2. The molecule has 0 aliphatic carbocycles. The molecule has 7 heteroatoms. The standard InChI is InChI=1S/C14H20N6O/c1-9-4-5-11(21-3)10(6-9)7-20(2)8-12-17-13(15)19-14(16)18-12/h4-6H,7-8H2,1-3H3,(H4,15,16,17,18,19). The molecule has 0 saturated heterocycles. The van der Waals surface area contributed by atoms with Crippen LogP contribution in [0.4, 0.5) is 11.9 Å². The van der Waals surface area contributed by atoms with Gasteiger partial charge in [-0.3, -0.25) is 4.90 Å². The highest BCUT2D eigenvalue weighted by atomic mass is 16.5. The SMILES string of the molecule is COc1ccc(C)cc1CN(C)Cc1nc(N)nc(N)n1. The molecule has 4 N–H and O–H groups in total. The Morgan fingerprint density at radius 1 is 1.10 bits per heavy atom. The highest BCUT2D eigenvalue weighted by Gasteiger charge is 2.10. The molecule has 0 radical (unpaired) electrons. The molecule has 0 aliphatic heterocycles. The second-order valence-corrected chi connectivity index (χ2v) is 4.96. The molecular weight excluding hydrogens is 268 g/mol. The van der Waals surface area contributed by atoms with E-state index in [4.69, 9.17) is 16.2 Å². The van der Waals surface area contributed by atoms with Crippen molar-refractivity contribution in [3.05, 3.63) is 35.2 Å². The number of benzene rings is 1. The van der Waals surface area contributed by atoms with Gasteiger partial charge < -0.3 is 16.2 Å². The van der Waals surface area contributed by atoms with E-state index in [1.807, 2.05) is 19.2 Å². The molecule has 0 bridgehead atoms. The Hall–Kier alpha value is -2.41. The summed E-state index contributed by atoms with van der Waals surface area (Å²) in [5.41, 5.74) is 13.4. The number of nitrogens with two attached hydrogens (primary N) is 2. The molecule has 1 aromatic carbocycles. The predicted molar refractivity (Wildman–Crippen MR) is 81.6 cm³/mol. The van der Waals surface area contributed by atoms with Crippen LogP contribution in [-0.4, -0.2) is 34.0 Å². The molecule has 2 aromatic rings. The zero-order chi connectivity index (χ0) is 15.4. The van der Waals surface area contributed by atoms with E-state index in [2.05, 4.69) is 32.8 Å². The van der Waals surface area contributed by atoms with Crippen LogP contribution in [0.3, 0.4) is 0 Å². The van der Waals surface area contributed by atoms with Gasteiger partial charge in [-0.05, 0) is 20.0 Å². The fourth-order valence-electron chi connectivity index (χ4n) is 2.15. The summed E-state index contributed by atoms with van der Waals surface area (Å²) in [5, 5.41) is 0. The van der Waals surface area contributed by atoms with E-state index in [0.717, 1.165) is 11.3 Å². The minimum Gasteiger partial charge on any atom is -0.496 e. The first-order chi connectivity index (χ1) is 9.97. The van der Waals surface area contributed by atoms with Crippen molar-refractivity contribution in [2.24, 2.45) is 0 Å². The molecular formula is C14H20N6O. The van der Waals surface area contributed by atoms with Crippen LogP contribution < -0.4 is 16.2 Å². The lowest BCUT2D eigenvalue weighted by Gasteiger charge is -2.18. The maximum Gasteiger partial charge on any atom is 0.225 e. The average molecular weight is 288 g/mol. The van der Waals surface area contributed by atoms with Crippen LogP contribution in [-0.2, 0) is 13.1 Å². The Morgan fingerprint density at radius 3 is 2.38 bits per heavy atom. The highest BCUT2D eigenvalue weighted by Crippen LogP contribution is 2.21. The second-order valence-electron chi connectivity index (χ2n) is 4.96. The lowest BCUT2D eigenvalue weighted by atomic mass is 10.1. The lowest BCUT2D eigenvalue weighted by molar-refractivity contribution is 0.302. The summed E-state index contributed by atoms with van der Waals surface area (Å²) in [6.07, 6.45) is 0. The number of hydrogen-bond acceptors (Lipinski definition) is 7. The molecule has 21 heavy (non-hydrogen) atoms. The minimum absolute atomic E-state index is 0.138. The molecule has 0 aliphatic rings. The molecule has 1 heterocycles. The molecule has 0 saturated carbocycles. The monoisotopic (exact) mass is 288 g/mol. The maximum atomic E-state index is 5.57. The van der Waals surface area contributed by atoms with E-state index in [0.29, 0.717) is 18.9 Å². The van der Waals surface area contributed by atoms with Crippen LogP contribution in [0.1, 0.15) is 17.0 Å². The van der Waals surface area contributed by atoms with Crippen molar-refractivity contribution in [2.45, 2.75) is 20.0 Å². The van der Waals surface area contributed by atoms with Crippen LogP contribution in [0.15, 0.2) is 18.2 Å². The molecule has 0 amide bonds. The summed E-state index contributed by atoms with van der Waals surface area (Å²) >= 11 is 0. The van der Waals surface area contributed by atoms with Gasteiger partial charge in [0.05, 0.1) is 13.7 Å². The summed E-state index contributed by atoms with van der Waals surface area (Å²) in [6, 6.07) is 6.10. The fraction of sp³-hybridized carbons (Fsp3) is 0.357. The third-order valence-electron chi connectivity index (χ3n) is 3.00. The third-order valence-corrected chi connectivity index (χ3v) is 3.00. The Kier molecular flexibility index (Phi) is 4.54. The van der Waals surface area contributed by atoms with Gasteiger partial charge in [0, 0.05) is 12.1 Å². The van der Waals surface area contributed by atoms with Crippen molar-refractivity contribution >= 4 is 11.9 Å². The summed E-state index contributed by atoms with van der Waals surface area (Å²) in [6.45, 7) is 3.28. The largest absolute Gasteiger partial charge is 0.496 e. The van der Waals surface area contributed by atoms with Gasteiger partial charge in [0.1, 0.15) is 11.6 Å². The molecule has 0 fully saturated rings. The van der Waals surface area contributed by atoms with E-state index >= 15 is 0 Å². The van der Waals surface area contributed by atoms with Gasteiger partial charge >= 0.3 is 0 Å². The summed E-state index contributed by atoms with van der Waals surface area (Å²) < 4.78 is 5.38. The number of methoxy groups -OCH3 is 1. The molecule has 1 aromatic heterocycles. The summed E-state index contributed by atoms with van der Waals surface area (Å²) in [5.74, 6) is 1.69. The average Bonchev–Trinajstić information content (AvgIpc) is 2.37. The van der Waals surface area contributed by atoms with Crippen molar-refractivity contribution in [3.63, 3.8) is 0 Å². The van der Waals surface area contributed by atoms with E-state index in [-0.39, 0.29) is 11.9 Å². The van der Waals surface area contributed by atoms with Crippen LogP contribution >= 0.6 is 0 Å². The number of ether oxygens (including phenoxy) is 1. The van der Waals surface area contributed by atoms with Crippen molar-refractivity contribution < 1.29 is 4.74 Å². The Labute approximate surface area is 124 Å². The van der Waals surface area contributed by atoms with Crippen molar-refractivity contribution in [1.82, 2.24) is 19.9 Å². The molecule has 0 atom stereocenters. The van der Waals surface area contributed by atoms with Gasteiger partial charge in [-0.15, -0.1) is 0 Å². The second kappa shape index (κ2) is 6.36. The summed E-state index contributed by atoms with van der Waals surface area (Å²) in [7, 11) is 3.64. The van der Waals surface area contributed by atoms with Gasteiger partial charge in [-0.2, -0.15) is 15.0 Å². The number of hydrogen-bond donors (Lipinski definition) is 2. The zero-order valence-electron chi connectivity index (χ0n) is 12.5. The zero-order valence-corrected chi connectivity index (χ0v) is 12.5. The summed E-state index contributed by atoms with van der Waals surface area (Å²) in [4.78, 5) is 14.0. The van der Waals surface area contributed by atoms with Gasteiger partial charge in [0.15, 0.2) is 0 Å². The number of rotatable bonds is 5. The Balaban J connectivity index is 2.11. The molecule has 7 nitrogen and oxygen atoms in total. The predicted octanol–water partition coefficient (Wildman–Crippen LogP) is 0.985. The molecule has 0 spiro atoms. The molecule has 2 rings (SSSR count). The highest BCUT2D eigenvalue weighted by molar-refractivity contribution is 5.36. The topological polar surface area (TPSA) is 103 Å². The van der Waals surface area contributed by atoms with Gasteiger partial charge in [0.2, 0.25) is 11.9 Å². The van der Waals surface area contributed by atoms with Gasteiger partial charge in [0.25, 0.3) is 0 Å². The van der Waals surface area contributed by atoms with Crippen LogP contribution in [0.5, 0.6) is 5.75 Å². The minimum atomic E-state index is 0.138. The van der Waals surface area contributed by atoms with E-state index in [1.54, 1.807) is 7.11 Å². The molecule has 0 unspecified atom stereocenters. The maximum absolute atomic E-state index is 5.57. The smallest absolute Gasteiger partial charge is 0.225 e. The van der Waals surface area contributed by atoms with E-state index < -0.39 is 0 Å². The lowest BCUT2D eigenvalue weighted by Crippen LogP contribution is -2.20. The Bertz CT molecular complexity index is 611. The Morgan fingerprint density at radius 2 is 1.76 bits per heavy atom. The van der Waals surface area contributed by atoms with E-state index in [9.17, 15) is 0 Å². The van der Waals surface area contributed by atoms with E-state index in [1.165, 1.54) is 5.56 Å². The van der Waals surface area contributed by atoms with Crippen LogP contribution in [0.2, 0.25) is 0 Å². The third kappa shape index (κ3) is 4.03. The van der Waals surface area contributed by atoms with Crippen molar-refractivity contribution in [3.8, 4) is 5.75 Å². The van der Waals surface area contributed by atoms with Crippen LogP contribution in [0, 0.1) is 6.92 Å². The van der Waals surface area contributed by atoms with Crippen molar-refractivity contribution in [2.75, 3.05) is 25.6 Å².